The van der Waals surface area contributed by atoms with Crippen molar-refractivity contribution in [1.82, 2.24) is 0 Å². The summed E-state index contributed by atoms with van der Waals surface area (Å²) < 4.78 is 40.5. The molecule has 0 fully saturated rings. The quantitative estimate of drug-likeness (QED) is 0.649. The Morgan fingerprint density at radius 3 is 2.57 bits per heavy atom. The maximum absolute atomic E-state index is 11.7. The molecule has 0 saturated carbocycles. The Morgan fingerprint density at radius 1 is 1.03 bits per heavy atom. The summed E-state index contributed by atoms with van der Waals surface area (Å²) >= 11 is 0. The summed E-state index contributed by atoms with van der Waals surface area (Å²) in [6, 6.07) is 19.1. The van der Waals surface area contributed by atoms with Crippen LogP contribution in [-0.2, 0) is 27.1 Å². The van der Waals surface area contributed by atoms with Crippen molar-refractivity contribution < 1.29 is 22.6 Å². The molecule has 0 radical (unpaired) electrons. The number of hydrogen-bond acceptors (Lipinski definition) is 5. The van der Waals surface area contributed by atoms with Gasteiger partial charge in [0.05, 0.1) is 19.5 Å². The van der Waals surface area contributed by atoms with E-state index in [0.717, 1.165) is 39.3 Å². The highest BCUT2D eigenvalue weighted by atomic mass is 32.2. The summed E-state index contributed by atoms with van der Waals surface area (Å²) in [5, 5.41) is 5.28. The van der Waals surface area contributed by atoms with Gasteiger partial charge in [-0.2, -0.15) is 0 Å². The second kappa shape index (κ2) is 8.10. The van der Waals surface area contributed by atoms with Crippen LogP contribution in [0.25, 0.3) is 11.1 Å². The standard InChI is InChI=1S/C23H23NO5S/c1-27-13-17-6-4-8-21-22(17)19-10-9-15(14-30(24,25)26)11-20(19)23(29-21)16-5-3-7-18(12-16)28-2/h3-12,23H,13-14H2,1-2H3,(H2,24,25,26). The van der Waals surface area contributed by atoms with Gasteiger partial charge in [0.15, 0.2) is 0 Å². The normalized spacial score (nSPS) is 15.1. The SMILES string of the molecule is COCc1cccc2c1-c1ccc(CS(N)(=O)=O)cc1C(c1cccc(OC)c1)O2. The summed E-state index contributed by atoms with van der Waals surface area (Å²) in [7, 11) is -0.387. The van der Waals surface area contributed by atoms with E-state index >= 15 is 0 Å². The maximum Gasteiger partial charge on any atom is 0.213 e. The molecule has 1 heterocycles. The van der Waals surface area contributed by atoms with Gasteiger partial charge >= 0.3 is 0 Å². The smallest absolute Gasteiger partial charge is 0.213 e. The summed E-state index contributed by atoms with van der Waals surface area (Å²) in [6.45, 7) is 0.439. The van der Waals surface area contributed by atoms with Crippen LogP contribution in [0, 0.1) is 0 Å². The molecule has 3 aromatic carbocycles. The lowest BCUT2D eigenvalue weighted by molar-refractivity contribution is 0.184. The second-order valence-corrected chi connectivity index (χ2v) is 8.84. The van der Waals surface area contributed by atoms with Crippen molar-refractivity contribution in [2.24, 2.45) is 5.14 Å². The number of nitrogens with two attached hydrogens (primary N) is 1. The number of primary sulfonamides is 1. The van der Waals surface area contributed by atoms with Crippen LogP contribution in [-0.4, -0.2) is 22.6 Å². The van der Waals surface area contributed by atoms with Crippen molar-refractivity contribution in [2.45, 2.75) is 18.5 Å². The fourth-order valence-electron chi connectivity index (χ4n) is 3.88. The predicted molar refractivity (Wildman–Crippen MR) is 115 cm³/mol. The molecular formula is C23H23NO5S. The van der Waals surface area contributed by atoms with E-state index in [9.17, 15) is 8.42 Å². The Labute approximate surface area is 176 Å². The molecule has 156 valence electrons. The fourth-order valence-corrected chi connectivity index (χ4v) is 4.52. The summed E-state index contributed by atoms with van der Waals surface area (Å²) in [6.07, 6.45) is -0.416. The number of methoxy groups -OCH3 is 2. The van der Waals surface area contributed by atoms with E-state index in [1.54, 1.807) is 20.3 Å². The van der Waals surface area contributed by atoms with E-state index in [-0.39, 0.29) is 5.75 Å². The van der Waals surface area contributed by atoms with Crippen molar-refractivity contribution in [2.75, 3.05) is 14.2 Å². The third-order valence-electron chi connectivity index (χ3n) is 5.09. The van der Waals surface area contributed by atoms with Gasteiger partial charge in [0.1, 0.15) is 17.6 Å². The van der Waals surface area contributed by atoms with Gasteiger partial charge in [0.25, 0.3) is 0 Å². The van der Waals surface area contributed by atoms with Gasteiger partial charge in [-0.3, -0.25) is 0 Å². The number of benzene rings is 3. The Morgan fingerprint density at radius 2 is 1.83 bits per heavy atom. The number of hydrogen-bond donors (Lipinski definition) is 1. The zero-order chi connectivity index (χ0) is 21.3. The monoisotopic (exact) mass is 425 g/mol. The zero-order valence-corrected chi connectivity index (χ0v) is 17.6. The molecule has 1 aliphatic heterocycles. The Balaban J connectivity index is 1.91. The first-order chi connectivity index (χ1) is 14.4. The minimum atomic E-state index is -3.65. The maximum atomic E-state index is 11.7. The molecule has 4 rings (SSSR count). The molecule has 3 aromatic rings. The zero-order valence-electron chi connectivity index (χ0n) is 16.8. The van der Waals surface area contributed by atoms with Gasteiger partial charge < -0.3 is 14.2 Å². The Kier molecular flexibility index (Phi) is 5.51. The van der Waals surface area contributed by atoms with Crippen molar-refractivity contribution in [1.29, 1.82) is 0 Å². The molecule has 0 aromatic heterocycles. The van der Waals surface area contributed by atoms with E-state index in [1.807, 2.05) is 54.6 Å². The van der Waals surface area contributed by atoms with E-state index in [2.05, 4.69) is 0 Å². The molecule has 1 atom stereocenters. The minimum absolute atomic E-state index is 0.238. The summed E-state index contributed by atoms with van der Waals surface area (Å²) in [5.41, 5.74) is 5.33. The van der Waals surface area contributed by atoms with Gasteiger partial charge in [-0.05, 0) is 34.9 Å². The highest BCUT2D eigenvalue weighted by Crippen LogP contribution is 2.47. The molecule has 0 aliphatic carbocycles. The van der Waals surface area contributed by atoms with Crippen LogP contribution < -0.4 is 14.6 Å². The van der Waals surface area contributed by atoms with Gasteiger partial charge in [0, 0.05) is 23.8 Å². The lowest BCUT2D eigenvalue weighted by Gasteiger charge is -2.31. The first kappa shape index (κ1) is 20.4. The average Bonchev–Trinajstić information content (AvgIpc) is 2.72. The van der Waals surface area contributed by atoms with Crippen molar-refractivity contribution in [3.8, 4) is 22.6 Å². The Hall–Kier alpha value is -2.87. The Bertz CT molecular complexity index is 1190. The topological polar surface area (TPSA) is 87.9 Å². The van der Waals surface area contributed by atoms with E-state index in [1.165, 1.54) is 0 Å². The molecule has 0 saturated heterocycles. The highest BCUT2D eigenvalue weighted by molar-refractivity contribution is 7.88. The fraction of sp³-hybridized carbons (Fsp3) is 0.217. The lowest BCUT2D eigenvalue weighted by Crippen LogP contribution is -2.18. The summed E-state index contributed by atoms with van der Waals surface area (Å²) in [5.74, 6) is 1.24. The van der Waals surface area contributed by atoms with Gasteiger partial charge in [0.2, 0.25) is 10.0 Å². The van der Waals surface area contributed by atoms with Crippen LogP contribution in [0.3, 0.4) is 0 Å². The lowest BCUT2D eigenvalue weighted by atomic mass is 9.86. The third kappa shape index (κ3) is 4.05. The predicted octanol–water partition coefficient (Wildman–Crippen LogP) is 3.78. The highest BCUT2D eigenvalue weighted by Gasteiger charge is 2.30. The van der Waals surface area contributed by atoms with Crippen molar-refractivity contribution >= 4 is 10.0 Å². The van der Waals surface area contributed by atoms with Crippen LogP contribution >= 0.6 is 0 Å². The molecule has 7 heteroatoms. The van der Waals surface area contributed by atoms with Crippen LogP contribution in [0.4, 0.5) is 0 Å². The number of ether oxygens (including phenoxy) is 3. The number of fused-ring (bicyclic) bond motifs is 3. The molecule has 0 spiro atoms. The van der Waals surface area contributed by atoms with Crippen LogP contribution in [0.5, 0.6) is 11.5 Å². The van der Waals surface area contributed by atoms with E-state index in [0.29, 0.717) is 12.2 Å². The minimum Gasteiger partial charge on any atom is -0.497 e. The molecule has 1 unspecified atom stereocenters. The second-order valence-electron chi connectivity index (χ2n) is 7.23. The number of sulfonamides is 1. The van der Waals surface area contributed by atoms with E-state index in [4.69, 9.17) is 19.3 Å². The average molecular weight is 426 g/mol. The molecule has 6 nitrogen and oxygen atoms in total. The molecule has 0 amide bonds. The van der Waals surface area contributed by atoms with Crippen molar-refractivity contribution in [3.63, 3.8) is 0 Å². The van der Waals surface area contributed by atoms with Crippen LogP contribution in [0.2, 0.25) is 0 Å². The molecule has 1 aliphatic rings. The largest absolute Gasteiger partial charge is 0.497 e. The molecule has 0 bridgehead atoms. The van der Waals surface area contributed by atoms with E-state index < -0.39 is 16.1 Å². The van der Waals surface area contributed by atoms with Crippen LogP contribution in [0.15, 0.2) is 60.7 Å². The van der Waals surface area contributed by atoms with Gasteiger partial charge in [-0.15, -0.1) is 0 Å². The first-order valence-corrected chi connectivity index (χ1v) is 11.2. The van der Waals surface area contributed by atoms with Gasteiger partial charge in [-0.25, -0.2) is 13.6 Å². The number of rotatable bonds is 6. The molecule has 30 heavy (non-hydrogen) atoms. The first-order valence-electron chi connectivity index (χ1n) is 9.44. The van der Waals surface area contributed by atoms with Crippen LogP contribution in [0.1, 0.15) is 28.4 Å². The van der Waals surface area contributed by atoms with Gasteiger partial charge in [-0.1, -0.05) is 42.5 Å². The van der Waals surface area contributed by atoms with Crippen molar-refractivity contribution in [3.05, 3.63) is 82.9 Å². The third-order valence-corrected chi connectivity index (χ3v) is 5.83. The molecule has 2 N–H and O–H groups in total. The molecular weight excluding hydrogens is 402 g/mol. The summed E-state index contributed by atoms with van der Waals surface area (Å²) in [4.78, 5) is 0.